The van der Waals surface area contributed by atoms with Crippen molar-refractivity contribution in [2.24, 2.45) is 0 Å². The Balaban J connectivity index is 1.24. The highest BCUT2D eigenvalue weighted by atomic mass is 16.4. The van der Waals surface area contributed by atoms with E-state index in [-0.39, 0.29) is 32.7 Å². The van der Waals surface area contributed by atoms with Crippen LogP contribution < -0.4 is 0 Å². The van der Waals surface area contributed by atoms with Crippen LogP contribution in [0.4, 0.5) is 0 Å². The van der Waals surface area contributed by atoms with E-state index in [1.54, 1.807) is 30.3 Å². The summed E-state index contributed by atoms with van der Waals surface area (Å²) in [7, 11) is 0. The Morgan fingerprint density at radius 1 is 0.288 bits per heavy atom. The highest BCUT2D eigenvalue weighted by Crippen LogP contribution is 2.62. The first-order valence-electron chi connectivity index (χ1n) is 18.7. The highest BCUT2D eigenvalue weighted by molar-refractivity contribution is 6.29. The van der Waals surface area contributed by atoms with Crippen molar-refractivity contribution in [2.75, 3.05) is 0 Å². The van der Waals surface area contributed by atoms with Crippen LogP contribution >= 0.6 is 0 Å². The third-order valence-electron chi connectivity index (χ3n) is 11.7. The van der Waals surface area contributed by atoms with Gasteiger partial charge in [-0.3, -0.25) is 0 Å². The third-order valence-corrected chi connectivity index (χ3v) is 11.7. The molecule has 11 aromatic rings. The zero-order valence-corrected chi connectivity index (χ0v) is 30.7. The number of furan rings is 1. The fraction of sp³-hybridized carbons (Fsp3) is 0. The summed E-state index contributed by atoms with van der Waals surface area (Å²) in [4.78, 5) is 0. The lowest BCUT2D eigenvalue weighted by atomic mass is 9.83. The number of phenolic OH excluding ortho intramolecular Hbond substituents is 8. The minimum atomic E-state index is -1.03. The van der Waals surface area contributed by atoms with Gasteiger partial charge in [-0.05, 0) is 78.8 Å². The number of hydrogen-bond donors (Lipinski definition) is 8. The summed E-state index contributed by atoms with van der Waals surface area (Å²) in [6, 6.07) is 42.1. The predicted molar refractivity (Wildman–Crippen MR) is 231 cm³/mol. The largest absolute Gasteiger partial charge is 0.504 e. The number of phenols is 8. The molecule has 0 aliphatic rings. The minimum Gasteiger partial charge on any atom is -0.504 e. The van der Waals surface area contributed by atoms with Crippen molar-refractivity contribution in [2.45, 2.75) is 0 Å². The zero-order chi connectivity index (χ0) is 40.4. The molecule has 0 radical (unpaired) electrons. The summed E-state index contributed by atoms with van der Waals surface area (Å²) in [5.74, 6) is -7.51. The van der Waals surface area contributed by atoms with Crippen molar-refractivity contribution < 1.29 is 45.3 Å². The van der Waals surface area contributed by atoms with Crippen molar-refractivity contribution in [1.82, 2.24) is 0 Å². The van der Waals surface area contributed by atoms with Crippen molar-refractivity contribution in [3.05, 3.63) is 133 Å². The lowest BCUT2D eigenvalue weighted by Gasteiger charge is -2.22. The summed E-state index contributed by atoms with van der Waals surface area (Å²) in [6.07, 6.45) is 0. The summed E-state index contributed by atoms with van der Waals surface area (Å²) in [5.41, 5.74) is 3.45. The standard InChI is InChI=1S/C50H30O9/c51-43-39-37(26-16-13-24(14-17-26)31-11-5-9-25-15-12-23-6-3-4-10-30(23)36(25)31)40-42(46(54)50(58)48(56)44(40)52)38(41(39)45(53)49(57)47(43)55)29-18-19-34-32(21-29)33-20-27-7-1-2-8-28(27)22-35(33)59-34/h1-22,51-58H. The fourth-order valence-electron chi connectivity index (χ4n) is 8.93. The van der Waals surface area contributed by atoms with E-state index in [0.29, 0.717) is 27.7 Å². The van der Waals surface area contributed by atoms with Crippen LogP contribution in [0.3, 0.4) is 0 Å². The smallest absolute Gasteiger partial charge is 0.204 e. The average molecular weight is 775 g/mol. The molecule has 284 valence electrons. The minimum absolute atomic E-state index is 0.0267. The Labute approximate surface area is 333 Å². The number of rotatable bonds is 3. The summed E-state index contributed by atoms with van der Waals surface area (Å²) < 4.78 is 6.22. The lowest BCUT2D eigenvalue weighted by Crippen LogP contribution is -1.95. The van der Waals surface area contributed by atoms with Crippen molar-refractivity contribution >= 4 is 75.8 Å². The van der Waals surface area contributed by atoms with Gasteiger partial charge in [0.15, 0.2) is 23.0 Å². The van der Waals surface area contributed by atoms with E-state index in [4.69, 9.17) is 4.42 Å². The van der Waals surface area contributed by atoms with Gasteiger partial charge >= 0.3 is 0 Å². The predicted octanol–water partition coefficient (Wildman–Crippen LogP) is 12.0. The summed E-state index contributed by atoms with van der Waals surface area (Å²) in [5, 5.41) is 97.9. The van der Waals surface area contributed by atoms with Gasteiger partial charge in [-0.25, -0.2) is 0 Å². The molecule has 8 N–H and O–H groups in total. The number of hydrogen-bond acceptors (Lipinski definition) is 9. The van der Waals surface area contributed by atoms with Crippen LogP contribution in [-0.4, -0.2) is 40.9 Å². The van der Waals surface area contributed by atoms with E-state index in [0.717, 1.165) is 48.8 Å². The number of benzene rings is 10. The molecule has 1 heterocycles. The molecule has 0 spiro atoms. The van der Waals surface area contributed by atoms with Gasteiger partial charge in [0.1, 0.15) is 11.2 Å². The van der Waals surface area contributed by atoms with Crippen LogP contribution in [0.2, 0.25) is 0 Å². The van der Waals surface area contributed by atoms with E-state index in [1.807, 2.05) is 78.9 Å². The Morgan fingerprint density at radius 3 is 1.39 bits per heavy atom. The second-order valence-electron chi connectivity index (χ2n) is 14.8. The van der Waals surface area contributed by atoms with Crippen molar-refractivity contribution in [3.8, 4) is 79.4 Å². The van der Waals surface area contributed by atoms with Gasteiger partial charge in [0.25, 0.3) is 0 Å². The van der Waals surface area contributed by atoms with Gasteiger partial charge in [-0.15, -0.1) is 0 Å². The second kappa shape index (κ2) is 12.1. The molecule has 0 amide bonds. The highest BCUT2D eigenvalue weighted by Gasteiger charge is 2.32. The molecule has 0 saturated carbocycles. The van der Waals surface area contributed by atoms with Crippen LogP contribution in [0.5, 0.6) is 46.0 Å². The summed E-state index contributed by atoms with van der Waals surface area (Å²) in [6.45, 7) is 0. The molecule has 0 aliphatic heterocycles. The first-order chi connectivity index (χ1) is 28.6. The van der Waals surface area contributed by atoms with E-state index >= 15 is 0 Å². The monoisotopic (exact) mass is 774 g/mol. The molecular weight excluding hydrogens is 745 g/mol. The molecule has 0 aliphatic carbocycles. The maximum Gasteiger partial charge on any atom is 0.204 e. The van der Waals surface area contributed by atoms with Crippen LogP contribution in [0.1, 0.15) is 0 Å². The average Bonchev–Trinajstić information content (AvgIpc) is 3.63. The molecule has 10 aromatic carbocycles. The van der Waals surface area contributed by atoms with E-state index < -0.39 is 46.0 Å². The van der Waals surface area contributed by atoms with Gasteiger partial charge in [0.2, 0.25) is 23.0 Å². The van der Waals surface area contributed by atoms with E-state index in [9.17, 15) is 40.9 Å². The van der Waals surface area contributed by atoms with Crippen molar-refractivity contribution in [1.29, 1.82) is 0 Å². The van der Waals surface area contributed by atoms with Gasteiger partial charge in [-0.2, -0.15) is 0 Å². The Hall–Kier alpha value is -8.30. The molecule has 1 aromatic heterocycles. The molecule has 0 bridgehead atoms. The Morgan fingerprint density at radius 2 is 0.763 bits per heavy atom. The number of fused-ring (bicyclic) bond motifs is 9. The summed E-state index contributed by atoms with van der Waals surface area (Å²) >= 11 is 0. The van der Waals surface area contributed by atoms with Crippen LogP contribution in [0.15, 0.2) is 138 Å². The quantitative estimate of drug-likeness (QED) is 0.0376. The zero-order valence-electron chi connectivity index (χ0n) is 30.7. The van der Waals surface area contributed by atoms with Gasteiger partial charge in [0, 0.05) is 43.4 Å². The Bertz CT molecular complexity index is 3560. The molecule has 11 rings (SSSR count). The molecular formula is C50H30O9. The molecule has 0 atom stereocenters. The molecule has 0 unspecified atom stereocenters. The molecule has 59 heavy (non-hydrogen) atoms. The van der Waals surface area contributed by atoms with Gasteiger partial charge < -0.3 is 45.3 Å². The van der Waals surface area contributed by atoms with Crippen LogP contribution in [0.25, 0.3) is 109 Å². The number of aromatic hydroxyl groups is 8. The molecule has 0 fully saturated rings. The second-order valence-corrected chi connectivity index (χ2v) is 14.8. The van der Waals surface area contributed by atoms with Gasteiger partial charge in [-0.1, -0.05) is 109 Å². The normalized spacial score (nSPS) is 11.9. The lowest BCUT2D eigenvalue weighted by molar-refractivity contribution is 0.350. The third kappa shape index (κ3) is 4.66. The Kier molecular flexibility index (Phi) is 6.97. The first-order valence-corrected chi connectivity index (χ1v) is 18.7. The maximum absolute atomic E-state index is 11.8. The SMILES string of the molecule is Oc1c(O)c(O)c2c(-c3ccc4oc5cc6ccccc6cc5c4c3)c3c(O)c(O)c(O)c(O)c3c(-c3ccc(-c4cccc5ccc6ccccc6c45)cc3)c2c1O. The molecule has 9 heteroatoms. The van der Waals surface area contributed by atoms with E-state index in [2.05, 4.69) is 24.3 Å². The van der Waals surface area contributed by atoms with Crippen LogP contribution in [0, 0.1) is 0 Å². The molecule has 9 nitrogen and oxygen atoms in total. The van der Waals surface area contributed by atoms with Gasteiger partial charge in [0.05, 0.1) is 0 Å². The topological polar surface area (TPSA) is 175 Å². The molecule has 0 saturated heterocycles. The van der Waals surface area contributed by atoms with Crippen LogP contribution in [-0.2, 0) is 0 Å². The van der Waals surface area contributed by atoms with Crippen molar-refractivity contribution in [3.63, 3.8) is 0 Å². The first kappa shape index (κ1) is 34.0. The fourth-order valence-corrected chi connectivity index (χ4v) is 8.93. The maximum atomic E-state index is 11.8. The van der Waals surface area contributed by atoms with E-state index in [1.165, 1.54) is 0 Å².